The van der Waals surface area contributed by atoms with Gasteiger partial charge in [-0.05, 0) is 43.7 Å². The first-order chi connectivity index (χ1) is 13.0. The molecule has 138 valence electrons. The van der Waals surface area contributed by atoms with Gasteiger partial charge in [-0.1, -0.05) is 18.2 Å². The molecule has 0 amide bonds. The van der Waals surface area contributed by atoms with Crippen LogP contribution in [0.1, 0.15) is 25.5 Å². The lowest BCUT2D eigenvalue weighted by molar-refractivity contribution is -0.384. The minimum Gasteiger partial charge on any atom is -0.328 e. The average molecular weight is 365 g/mol. The standard InChI is InChI=1S/C19H19N5O3/c1-12-17(13(2)25)18(14-8-10-16(11-9-14)24(26)27)21-19(20-12)23-22-15-6-4-3-5-7-15/h3-11,18,22H,1-2H3,(H2,20,21,23). The van der Waals surface area contributed by atoms with Gasteiger partial charge in [0.25, 0.3) is 5.69 Å². The number of aliphatic imine (C=N–C) groups is 1. The van der Waals surface area contributed by atoms with Crippen LogP contribution in [0.4, 0.5) is 11.4 Å². The number of hydrogen-bond donors (Lipinski definition) is 3. The Morgan fingerprint density at radius 3 is 2.37 bits per heavy atom. The molecule has 8 heteroatoms. The van der Waals surface area contributed by atoms with Crippen LogP contribution in [0.15, 0.2) is 70.9 Å². The maximum Gasteiger partial charge on any atom is 0.269 e. The fourth-order valence-corrected chi connectivity index (χ4v) is 2.87. The largest absolute Gasteiger partial charge is 0.328 e. The first-order valence-electron chi connectivity index (χ1n) is 8.33. The molecule has 0 fully saturated rings. The van der Waals surface area contributed by atoms with Crippen LogP contribution in [0.3, 0.4) is 0 Å². The number of guanidine groups is 1. The number of anilines is 1. The summed E-state index contributed by atoms with van der Waals surface area (Å²) in [6.07, 6.45) is 0. The van der Waals surface area contributed by atoms with Crippen molar-refractivity contribution in [2.24, 2.45) is 4.99 Å². The van der Waals surface area contributed by atoms with E-state index in [9.17, 15) is 14.9 Å². The zero-order valence-electron chi connectivity index (χ0n) is 14.9. The third-order valence-corrected chi connectivity index (χ3v) is 4.14. The Bertz CT molecular complexity index is 920. The van der Waals surface area contributed by atoms with Crippen molar-refractivity contribution in [3.63, 3.8) is 0 Å². The molecule has 1 unspecified atom stereocenters. The highest BCUT2D eigenvalue weighted by atomic mass is 16.6. The number of carbonyl (C=O) groups is 1. The summed E-state index contributed by atoms with van der Waals surface area (Å²) in [5.41, 5.74) is 8.77. The number of non-ortho nitro benzene ring substituents is 1. The molecule has 0 radical (unpaired) electrons. The van der Waals surface area contributed by atoms with Gasteiger partial charge in [-0.15, -0.1) is 0 Å². The summed E-state index contributed by atoms with van der Waals surface area (Å²) in [6.45, 7) is 3.28. The summed E-state index contributed by atoms with van der Waals surface area (Å²) in [5.74, 6) is 0.340. The number of benzene rings is 2. The highest BCUT2D eigenvalue weighted by Gasteiger charge is 2.27. The van der Waals surface area contributed by atoms with Gasteiger partial charge in [0.1, 0.15) is 6.04 Å². The maximum atomic E-state index is 12.1. The lowest BCUT2D eigenvalue weighted by atomic mass is 9.94. The fourth-order valence-electron chi connectivity index (χ4n) is 2.87. The van der Waals surface area contributed by atoms with Crippen LogP contribution >= 0.6 is 0 Å². The highest BCUT2D eigenvalue weighted by Crippen LogP contribution is 2.31. The van der Waals surface area contributed by atoms with Crippen LogP contribution in [0.25, 0.3) is 0 Å². The van der Waals surface area contributed by atoms with Gasteiger partial charge in [0.05, 0.1) is 10.6 Å². The minimum atomic E-state index is -0.551. The van der Waals surface area contributed by atoms with Gasteiger partial charge < -0.3 is 5.32 Å². The number of Topliss-reactive ketones (excluding diaryl/α,β-unsaturated/α-hetero) is 1. The SMILES string of the molecule is CC(=O)C1=C(C)NC(NNc2ccccc2)=NC1c1ccc([N+](=O)[O-])cc1. The third-order valence-electron chi connectivity index (χ3n) is 4.14. The number of rotatable bonds is 5. The van der Waals surface area contributed by atoms with Crippen LogP contribution in [0.5, 0.6) is 0 Å². The van der Waals surface area contributed by atoms with Crippen molar-refractivity contribution in [3.8, 4) is 0 Å². The van der Waals surface area contributed by atoms with Gasteiger partial charge >= 0.3 is 0 Å². The van der Waals surface area contributed by atoms with E-state index in [-0.39, 0.29) is 11.5 Å². The number of nitrogens with zero attached hydrogens (tertiary/aromatic N) is 2. The van der Waals surface area contributed by atoms with Gasteiger partial charge in [-0.25, -0.2) is 4.99 Å². The molecule has 8 nitrogen and oxygen atoms in total. The molecule has 1 atom stereocenters. The molecule has 2 aromatic carbocycles. The summed E-state index contributed by atoms with van der Waals surface area (Å²) in [7, 11) is 0. The average Bonchev–Trinajstić information content (AvgIpc) is 2.66. The van der Waals surface area contributed by atoms with Crippen LogP contribution in [-0.4, -0.2) is 16.7 Å². The lowest BCUT2D eigenvalue weighted by Gasteiger charge is -2.26. The summed E-state index contributed by atoms with van der Waals surface area (Å²) in [5, 5.41) is 13.9. The van der Waals surface area contributed by atoms with Gasteiger partial charge in [0.2, 0.25) is 5.96 Å². The van der Waals surface area contributed by atoms with Crippen molar-refractivity contribution in [3.05, 3.63) is 81.5 Å². The number of hydrazine groups is 1. The van der Waals surface area contributed by atoms with E-state index in [0.717, 1.165) is 5.69 Å². The zero-order chi connectivity index (χ0) is 19.4. The first kappa shape index (κ1) is 18.1. The molecule has 0 saturated heterocycles. The number of nitro benzene ring substituents is 1. The van der Waals surface area contributed by atoms with Crippen molar-refractivity contribution >= 4 is 23.1 Å². The predicted molar refractivity (Wildman–Crippen MR) is 103 cm³/mol. The Labute approximate surface area is 156 Å². The van der Waals surface area contributed by atoms with Gasteiger partial charge in [0, 0.05) is 23.4 Å². The van der Waals surface area contributed by atoms with Crippen molar-refractivity contribution < 1.29 is 9.72 Å². The van der Waals surface area contributed by atoms with Crippen molar-refractivity contribution in [1.82, 2.24) is 10.7 Å². The number of ketones is 1. The fraction of sp³-hybridized carbons (Fsp3) is 0.158. The molecule has 1 heterocycles. The summed E-state index contributed by atoms with van der Waals surface area (Å²) >= 11 is 0. The normalized spacial score (nSPS) is 16.2. The van der Waals surface area contributed by atoms with E-state index in [2.05, 4.69) is 21.2 Å². The summed E-state index contributed by atoms with van der Waals surface area (Å²) in [4.78, 5) is 27.1. The van der Waals surface area contributed by atoms with E-state index in [4.69, 9.17) is 0 Å². The predicted octanol–water partition coefficient (Wildman–Crippen LogP) is 3.07. The van der Waals surface area contributed by atoms with Crippen molar-refractivity contribution in [2.45, 2.75) is 19.9 Å². The van der Waals surface area contributed by atoms with E-state index in [1.807, 2.05) is 30.3 Å². The van der Waals surface area contributed by atoms with Crippen LogP contribution in [-0.2, 0) is 4.79 Å². The molecule has 0 aliphatic carbocycles. The zero-order valence-corrected chi connectivity index (χ0v) is 14.9. The molecule has 0 bridgehead atoms. The summed E-state index contributed by atoms with van der Waals surface area (Å²) in [6, 6.07) is 15.0. The number of nitrogens with one attached hydrogen (secondary N) is 3. The Kier molecular flexibility index (Phi) is 5.16. The Morgan fingerprint density at radius 1 is 1.11 bits per heavy atom. The molecular formula is C19H19N5O3. The van der Waals surface area contributed by atoms with E-state index in [0.29, 0.717) is 22.8 Å². The van der Waals surface area contributed by atoms with E-state index in [1.165, 1.54) is 19.1 Å². The Morgan fingerprint density at radius 2 is 1.78 bits per heavy atom. The van der Waals surface area contributed by atoms with E-state index in [1.54, 1.807) is 19.1 Å². The number of hydrogen-bond acceptors (Lipinski definition) is 7. The second kappa shape index (κ2) is 7.69. The number of nitro groups is 1. The molecule has 1 aliphatic heterocycles. The molecule has 27 heavy (non-hydrogen) atoms. The van der Waals surface area contributed by atoms with Crippen LogP contribution in [0.2, 0.25) is 0 Å². The molecule has 0 saturated carbocycles. The minimum absolute atomic E-state index is 0.00849. The second-order valence-corrected chi connectivity index (χ2v) is 6.06. The Hall–Kier alpha value is -3.68. The lowest BCUT2D eigenvalue weighted by Crippen LogP contribution is -2.43. The van der Waals surface area contributed by atoms with E-state index >= 15 is 0 Å². The molecule has 3 N–H and O–H groups in total. The maximum absolute atomic E-state index is 12.1. The number of carbonyl (C=O) groups excluding carboxylic acids is 1. The first-order valence-corrected chi connectivity index (χ1v) is 8.33. The highest BCUT2D eigenvalue weighted by molar-refractivity contribution is 5.98. The Balaban J connectivity index is 1.88. The summed E-state index contributed by atoms with van der Waals surface area (Å²) < 4.78 is 0. The quantitative estimate of drug-likeness (QED) is 0.555. The van der Waals surface area contributed by atoms with Crippen molar-refractivity contribution in [1.29, 1.82) is 0 Å². The monoisotopic (exact) mass is 365 g/mol. The van der Waals surface area contributed by atoms with Crippen molar-refractivity contribution in [2.75, 3.05) is 5.43 Å². The molecule has 1 aliphatic rings. The van der Waals surface area contributed by atoms with Gasteiger partial charge in [-0.3, -0.25) is 25.8 Å². The second-order valence-electron chi connectivity index (χ2n) is 6.06. The van der Waals surface area contributed by atoms with Crippen LogP contribution in [0, 0.1) is 10.1 Å². The molecule has 0 spiro atoms. The number of allylic oxidation sites excluding steroid dienone is 1. The topological polar surface area (TPSA) is 109 Å². The van der Waals surface area contributed by atoms with Crippen LogP contribution < -0.4 is 16.2 Å². The van der Waals surface area contributed by atoms with Gasteiger partial charge in [0.15, 0.2) is 5.78 Å². The molecule has 2 aromatic rings. The molecule has 3 rings (SSSR count). The third kappa shape index (κ3) is 4.12. The smallest absolute Gasteiger partial charge is 0.269 e. The van der Waals surface area contributed by atoms with Gasteiger partial charge in [-0.2, -0.15) is 0 Å². The number of para-hydroxylation sites is 1. The molecular weight excluding hydrogens is 346 g/mol. The molecule has 0 aromatic heterocycles. The van der Waals surface area contributed by atoms with E-state index < -0.39 is 11.0 Å².